The van der Waals surface area contributed by atoms with Gasteiger partial charge in [-0.05, 0) is 42.7 Å². The Morgan fingerprint density at radius 3 is 2.71 bits per heavy atom. The molecular weight excluding hydrogens is 258 g/mol. The Hall–Kier alpha value is -2.13. The van der Waals surface area contributed by atoms with Crippen LogP contribution < -0.4 is 5.32 Å². The van der Waals surface area contributed by atoms with Crippen molar-refractivity contribution in [3.8, 4) is 0 Å². The lowest BCUT2D eigenvalue weighted by atomic mass is 9.91. The van der Waals surface area contributed by atoms with Gasteiger partial charge < -0.3 is 9.88 Å². The average molecular weight is 277 g/mol. The molecule has 3 nitrogen and oxygen atoms in total. The lowest BCUT2D eigenvalue weighted by Crippen LogP contribution is -2.38. The van der Waals surface area contributed by atoms with Crippen molar-refractivity contribution in [1.82, 2.24) is 14.9 Å². The van der Waals surface area contributed by atoms with Crippen molar-refractivity contribution in [2.75, 3.05) is 0 Å². The molecule has 0 aliphatic carbocycles. The average Bonchev–Trinajstić information content (AvgIpc) is 2.81. The van der Waals surface area contributed by atoms with Gasteiger partial charge in [-0.15, -0.1) is 0 Å². The number of aryl methyl sites for hydroxylation is 1. The van der Waals surface area contributed by atoms with Gasteiger partial charge in [-0.3, -0.25) is 4.98 Å². The molecule has 3 heteroatoms. The molecule has 3 aromatic rings. The molecule has 2 unspecified atom stereocenters. The van der Waals surface area contributed by atoms with E-state index in [-0.39, 0.29) is 6.04 Å². The zero-order valence-corrected chi connectivity index (χ0v) is 12.4. The normalized spacial score (nSPS) is 21.4. The standard InChI is InChI=1S/C18H19N3/c1-12-11-15-14-5-3-4-6-16(14)21(2)18(15)17(20-12)13-7-9-19-10-8-13/h3-10,12,17,20H,11H2,1-2H3. The minimum Gasteiger partial charge on any atom is -0.346 e. The Balaban J connectivity index is 1.99. The highest BCUT2D eigenvalue weighted by molar-refractivity contribution is 5.86. The first kappa shape index (κ1) is 12.6. The van der Waals surface area contributed by atoms with Crippen LogP contribution in [0.1, 0.15) is 29.8 Å². The van der Waals surface area contributed by atoms with Crippen LogP contribution in [-0.4, -0.2) is 15.6 Å². The number of hydrogen-bond acceptors (Lipinski definition) is 2. The highest BCUT2D eigenvalue weighted by Crippen LogP contribution is 2.36. The third-order valence-electron chi connectivity index (χ3n) is 4.54. The number of hydrogen-bond donors (Lipinski definition) is 1. The van der Waals surface area contributed by atoms with Crippen molar-refractivity contribution in [2.24, 2.45) is 7.05 Å². The largest absolute Gasteiger partial charge is 0.346 e. The van der Waals surface area contributed by atoms with Crippen molar-refractivity contribution < 1.29 is 0 Å². The van der Waals surface area contributed by atoms with Crippen LogP contribution >= 0.6 is 0 Å². The number of fused-ring (bicyclic) bond motifs is 3. The lowest BCUT2D eigenvalue weighted by molar-refractivity contribution is 0.450. The van der Waals surface area contributed by atoms with Crippen LogP contribution in [0.3, 0.4) is 0 Å². The van der Waals surface area contributed by atoms with Gasteiger partial charge in [0, 0.05) is 42.1 Å². The molecule has 3 heterocycles. The number of para-hydroxylation sites is 1. The van der Waals surface area contributed by atoms with Crippen molar-refractivity contribution in [3.05, 3.63) is 65.6 Å². The van der Waals surface area contributed by atoms with Gasteiger partial charge in [0.05, 0.1) is 6.04 Å². The van der Waals surface area contributed by atoms with E-state index in [1.165, 1.54) is 27.7 Å². The van der Waals surface area contributed by atoms with Crippen molar-refractivity contribution >= 4 is 10.9 Å². The summed E-state index contributed by atoms with van der Waals surface area (Å²) in [5.41, 5.74) is 5.47. The second-order valence-corrected chi connectivity index (χ2v) is 5.93. The topological polar surface area (TPSA) is 29.9 Å². The lowest BCUT2D eigenvalue weighted by Gasteiger charge is -2.31. The van der Waals surface area contributed by atoms with Crippen LogP contribution in [0.25, 0.3) is 10.9 Å². The third-order valence-corrected chi connectivity index (χ3v) is 4.54. The SMILES string of the molecule is CC1Cc2c(n(C)c3ccccc23)C(c2ccncc2)N1. The quantitative estimate of drug-likeness (QED) is 0.740. The van der Waals surface area contributed by atoms with E-state index in [0.29, 0.717) is 6.04 Å². The monoisotopic (exact) mass is 277 g/mol. The van der Waals surface area contributed by atoms with Gasteiger partial charge >= 0.3 is 0 Å². The zero-order chi connectivity index (χ0) is 14.4. The molecule has 0 amide bonds. The van der Waals surface area contributed by atoms with E-state index in [2.05, 4.69) is 65.2 Å². The fourth-order valence-corrected chi connectivity index (χ4v) is 3.61. The van der Waals surface area contributed by atoms with Crippen LogP contribution in [0.2, 0.25) is 0 Å². The summed E-state index contributed by atoms with van der Waals surface area (Å²) >= 11 is 0. The molecule has 21 heavy (non-hydrogen) atoms. The van der Waals surface area contributed by atoms with Gasteiger partial charge in [-0.2, -0.15) is 0 Å². The molecule has 106 valence electrons. The predicted molar refractivity (Wildman–Crippen MR) is 85.3 cm³/mol. The minimum atomic E-state index is 0.240. The number of rotatable bonds is 1. The second-order valence-electron chi connectivity index (χ2n) is 5.93. The van der Waals surface area contributed by atoms with Crippen LogP contribution in [0.15, 0.2) is 48.8 Å². The summed E-state index contributed by atoms with van der Waals surface area (Å²) in [4.78, 5) is 4.15. The molecule has 2 aromatic heterocycles. The first-order valence-corrected chi connectivity index (χ1v) is 7.48. The molecule has 1 aliphatic heterocycles. The zero-order valence-electron chi connectivity index (χ0n) is 12.4. The molecule has 0 spiro atoms. The Kier molecular flexibility index (Phi) is 2.82. The number of nitrogens with one attached hydrogen (secondary N) is 1. The molecular formula is C18H19N3. The van der Waals surface area contributed by atoms with E-state index < -0.39 is 0 Å². The molecule has 0 saturated carbocycles. The summed E-state index contributed by atoms with van der Waals surface area (Å²) in [5.74, 6) is 0. The van der Waals surface area contributed by atoms with Gasteiger partial charge in [-0.1, -0.05) is 18.2 Å². The van der Waals surface area contributed by atoms with Gasteiger partial charge in [0.2, 0.25) is 0 Å². The van der Waals surface area contributed by atoms with E-state index in [9.17, 15) is 0 Å². The van der Waals surface area contributed by atoms with Crippen LogP contribution in [0, 0.1) is 0 Å². The summed E-state index contributed by atoms with van der Waals surface area (Å²) in [7, 11) is 2.17. The minimum absolute atomic E-state index is 0.240. The van der Waals surface area contributed by atoms with Gasteiger partial charge in [0.25, 0.3) is 0 Å². The molecule has 0 saturated heterocycles. The van der Waals surface area contributed by atoms with Crippen molar-refractivity contribution in [2.45, 2.75) is 25.4 Å². The smallest absolute Gasteiger partial charge is 0.0737 e. The first-order valence-electron chi connectivity index (χ1n) is 7.48. The van der Waals surface area contributed by atoms with E-state index in [4.69, 9.17) is 0 Å². The Morgan fingerprint density at radius 2 is 1.90 bits per heavy atom. The maximum Gasteiger partial charge on any atom is 0.0737 e. The van der Waals surface area contributed by atoms with E-state index >= 15 is 0 Å². The first-order chi connectivity index (χ1) is 10.3. The summed E-state index contributed by atoms with van der Waals surface area (Å²) in [5, 5.41) is 5.13. The number of pyridine rings is 1. The number of aromatic nitrogens is 2. The molecule has 4 rings (SSSR count). The van der Waals surface area contributed by atoms with E-state index in [1.807, 2.05) is 12.4 Å². The molecule has 0 fully saturated rings. The van der Waals surface area contributed by atoms with Crippen LogP contribution in [0.5, 0.6) is 0 Å². The fourth-order valence-electron chi connectivity index (χ4n) is 3.61. The van der Waals surface area contributed by atoms with Crippen LogP contribution in [0.4, 0.5) is 0 Å². The summed E-state index contributed by atoms with van der Waals surface area (Å²) in [6.07, 6.45) is 4.83. The Morgan fingerprint density at radius 1 is 1.14 bits per heavy atom. The Labute approximate surface area is 124 Å². The van der Waals surface area contributed by atoms with Crippen molar-refractivity contribution in [1.29, 1.82) is 0 Å². The maximum absolute atomic E-state index is 4.15. The number of benzene rings is 1. The van der Waals surface area contributed by atoms with Gasteiger partial charge in [-0.25, -0.2) is 0 Å². The number of nitrogens with zero attached hydrogens (tertiary/aromatic N) is 2. The molecule has 0 bridgehead atoms. The molecule has 1 aromatic carbocycles. The van der Waals surface area contributed by atoms with Crippen LogP contribution in [-0.2, 0) is 13.5 Å². The predicted octanol–water partition coefficient (Wildman–Crippen LogP) is 3.20. The highest BCUT2D eigenvalue weighted by Gasteiger charge is 2.30. The summed E-state index contributed by atoms with van der Waals surface area (Å²) < 4.78 is 2.34. The van der Waals surface area contributed by atoms with Crippen molar-refractivity contribution in [3.63, 3.8) is 0 Å². The summed E-state index contributed by atoms with van der Waals surface area (Å²) in [6, 6.07) is 13.6. The fraction of sp³-hybridized carbons (Fsp3) is 0.278. The molecule has 2 atom stereocenters. The third kappa shape index (κ3) is 1.88. The summed E-state index contributed by atoms with van der Waals surface area (Å²) in [6.45, 7) is 2.26. The molecule has 1 aliphatic rings. The molecule has 1 N–H and O–H groups in total. The van der Waals surface area contributed by atoms with E-state index in [1.54, 1.807) is 0 Å². The highest BCUT2D eigenvalue weighted by atomic mass is 15.1. The molecule has 0 radical (unpaired) electrons. The van der Waals surface area contributed by atoms with Gasteiger partial charge in [0.15, 0.2) is 0 Å². The Bertz CT molecular complexity index is 789. The van der Waals surface area contributed by atoms with Gasteiger partial charge in [0.1, 0.15) is 0 Å². The van der Waals surface area contributed by atoms with E-state index in [0.717, 1.165) is 6.42 Å². The second kappa shape index (κ2) is 4.71. The maximum atomic E-state index is 4.15.